The van der Waals surface area contributed by atoms with Gasteiger partial charge in [0.2, 0.25) is 0 Å². The van der Waals surface area contributed by atoms with E-state index in [2.05, 4.69) is 31.3 Å². The summed E-state index contributed by atoms with van der Waals surface area (Å²) in [4.78, 5) is 0. The Balaban J connectivity index is 2.42. The lowest BCUT2D eigenvalue weighted by molar-refractivity contribution is 0.317. The summed E-state index contributed by atoms with van der Waals surface area (Å²) in [5.41, 5.74) is 1.94. The topological polar surface area (TPSA) is 59.6 Å². The number of hydrogen-bond donors (Lipinski definition) is 1. The molecule has 0 aliphatic rings. The molecule has 0 radical (unpaired) electrons. The van der Waals surface area contributed by atoms with Crippen LogP contribution in [-0.2, 0) is 6.54 Å². The van der Waals surface area contributed by atoms with E-state index in [4.69, 9.17) is 10.5 Å². The van der Waals surface area contributed by atoms with Gasteiger partial charge in [-0.15, -0.1) is 0 Å². The Hall–Kier alpha value is -1.84. The molecular formula is C15H19N3. The molecule has 1 rings (SSSR count). The first-order valence-electron chi connectivity index (χ1n) is 6.14. The zero-order chi connectivity index (χ0) is 13.4. The number of hydrogen-bond acceptors (Lipinski definition) is 3. The SMILES string of the molecule is CC(C)(CCC#N)CNCc1cccc(C#N)c1. The van der Waals surface area contributed by atoms with Crippen molar-refractivity contribution in [1.29, 1.82) is 10.5 Å². The maximum Gasteiger partial charge on any atom is 0.0991 e. The predicted octanol–water partition coefficient (Wildman–Crippen LogP) is 2.98. The number of benzene rings is 1. The van der Waals surface area contributed by atoms with Crippen LogP contribution in [0.2, 0.25) is 0 Å². The molecule has 0 fully saturated rings. The highest BCUT2D eigenvalue weighted by Crippen LogP contribution is 2.20. The Morgan fingerprint density at radius 3 is 2.72 bits per heavy atom. The molecule has 0 saturated heterocycles. The Kier molecular flexibility index (Phi) is 5.36. The molecule has 0 amide bonds. The van der Waals surface area contributed by atoms with Crippen molar-refractivity contribution < 1.29 is 0 Å². The summed E-state index contributed by atoms with van der Waals surface area (Å²) in [7, 11) is 0. The molecule has 18 heavy (non-hydrogen) atoms. The molecule has 0 saturated carbocycles. The highest BCUT2D eigenvalue weighted by Gasteiger charge is 2.16. The third-order valence-electron chi connectivity index (χ3n) is 2.90. The first kappa shape index (κ1) is 14.2. The number of nitrogens with one attached hydrogen (secondary N) is 1. The van der Waals surface area contributed by atoms with Gasteiger partial charge in [-0.25, -0.2) is 0 Å². The predicted molar refractivity (Wildman–Crippen MR) is 71.5 cm³/mol. The molecule has 0 unspecified atom stereocenters. The van der Waals surface area contributed by atoms with Crippen LogP contribution in [0.5, 0.6) is 0 Å². The molecule has 94 valence electrons. The van der Waals surface area contributed by atoms with Crippen molar-refractivity contribution in [2.75, 3.05) is 6.54 Å². The fraction of sp³-hybridized carbons (Fsp3) is 0.467. The van der Waals surface area contributed by atoms with E-state index in [1.54, 1.807) is 6.07 Å². The van der Waals surface area contributed by atoms with E-state index >= 15 is 0 Å². The zero-order valence-corrected chi connectivity index (χ0v) is 11.0. The highest BCUT2D eigenvalue weighted by molar-refractivity contribution is 5.32. The van der Waals surface area contributed by atoms with Crippen molar-refractivity contribution in [3.05, 3.63) is 35.4 Å². The molecule has 0 spiro atoms. The highest BCUT2D eigenvalue weighted by atomic mass is 14.9. The van der Waals surface area contributed by atoms with Crippen LogP contribution in [-0.4, -0.2) is 6.54 Å². The Bertz CT molecular complexity index is 463. The largest absolute Gasteiger partial charge is 0.312 e. The van der Waals surface area contributed by atoms with Crippen LogP contribution in [0.15, 0.2) is 24.3 Å². The van der Waals surface area contributed by atoms with Crippen LogP contribution in [0.3, 0.4) is 0 Å². The van der Waals surface area contributed by atoms with E-state index in [-0.39, 0.29) is 5.41 Å². The van der Waals surface area contributed by atoms with Gasteiger partial charge in [-0.2, -0.15) is 10.5 Å². The van der Waals surface area contributed by atoms with Gasteiger partial charge in [-0.1, -0.05) is 26.0 Å². The van der Waals surface area contributed by atoms with Crippen LogP contribution in [0.25, 0.3) is 0 Å². The van der Waals surface area contributed by atoms with Crippen molar-refractivity contribution >= 4 is 0 Å². The average Bonchev–Trinajstić information content (AvgIpc) is 2.36. The van der Waals surface area contributed by atoms with E-state index < -0.39 is 0 Å². The average molecular weight is 241 g/mol. The van der Waals surface area contributed by atoms with Gasteiger partial charge in [0.25, 0.3) is 0 Å². The van der Waals surface area contributed by atoms with Crippen LogP contribution >= 0.6 is 0 Å². The van der Waals surface area contributed by atoms with Crippen LogP contribution in [0.1, 0.15) is 37.8 Å². The van der Waals surface area contributed by atoms with Crippen LogP contribution in [0.4, 0.5) is 0 Å². The van der Waals surface area contributed by atoms with Gasteiger partial charge in [0.05, 0.1) is 17.7 Å². The summed E-state index contributed by atoms with van der Waals surface area (Å²) < 4.78 is 0. The summed E-state index contributed by atoms with van der Waals surface area (Å²) >= 11 is 0. The third-order valence-corrected chi connectivity index (χ3v) is 2.90. The van der Waals surface area contributed by atoms with Crippen molar-refractivity contribution in [1.82, 2.24) is 5.32 Å². The van der Waals surface area contributed by atoms with E-state index in [0.717, 1.165) is 25.1 Å². The van der Waals surface area contributed by atoms with Crippen molar-refractivity contribution in [2.45, 2.75) is 33.2 Å². The Morgan fingerprint density at radius 2 is 2.06 bits per heavy atom. The van der Waals surface area contributed by atoms with E-state index in [0.29, 0.717) is 12.0 Å². The zero-order valence-electron chi connectivity index (χ0n) is 11.0. The second kappa shape index (κ2) is 6.79. The lowest BCUT2D eigenvalue weighted by atomic mass is 9.88. The Labute approximate surface area is 109 Å². The third kappa shape index (κ3) is 4.99. The van der Waals surface area contributed by atoms with Gasteiger partial charge in [0.15, 0.2) is 0 Å². The van der Waals surface area contributed by atoms with E-state index in [9.17, 15) is 0 Å². The summed E-state index contributed by atoms with van der Waals surface area (Å²) in [6, 6.07) is 11.9. The normalized spacial score (nSPS) is 10.7. The van der Waals surface area contributed by atoms with Crippen molar-refractivity contribution in [2.24, 2.45) is 5.41 Å². The molecule has 0 aliphatic heterocycles. The molecule has 0 aromatic heterocycles. The number of nitrogens with zero attached hydrogens (tertiary/aromatic N) is 2. The molecule has 1 aromatic carbocycles. The molecule has 0 heterocycles. The van der Waals surface area contributed by atoms with Gasteiger partial charge >= 0.3 is 0 Å². The van der Waals surface area contributed by atoms with Gasteiger partial charge in [0, 0.05) is 19.5 Å². The lowest BCUT2D eigenvalue weighted by Gasteiger charge is -2.23. The molecule has 1 N–H and O–H groups in total. The minimum atomic E-state index is 0.128. The second-order valence-electron chi connectivity index (χ2n) is 5.24. The molecule has 0 aliphatic carbocycles. The van der Waals surface area contributed by atoms with Crippen LogP contribution < -0.4 is 5.32 Å². The number of rotatable bonds is 6. The fourth-order valence-corrected chi connectivity index (χ4v) is 1.78. The van der Waals surface area contributed by atoms with E-state index in [1.165, 1.54) is 0 Å². The van der Waals surface area contributed by atoms with E-state index in [1.807, 2.05) is 18.2 Å². The molecule has 3 nitrogen and oxygen atoms in total. The van der Waals surface area contributed by atoms with Gasteiger partial charge in [-0.3, -0.25) is 0 Å². The maximum absolute atomic E-state index is 8.81. The van der Waals surface area contributed by atoms with Crippen LogP contribution in [0, 0.1) is 28.1 Å². The molecular weight excluding hydrogens is 222 g/mol. The first-order valence-corrected chi connectivity index (χ1v) is 6.14. The lowest BCUT2D eigenvalue weighted by Crippen LogP contribution is -2.29. The quantitative estimate of drug-likeness (QED) is 0.833. The number of nitriles is 2. The monoisotopic (exact) mass is 241 g/mol. The standard InChI is InChI=1S/C15H19N3/c1-15(2,7-4-8-16)12-18-11-14-6-3-5-13(9-14)10-17/h3,5-6,9,18H,4,7,11-12H2,1-2H3. The molecule has 0 bridgehead atoms. The minimum absolute atomic E-state index is 0.128. The summed E-state index contributed by atoms with van der Waals surface area (Å²) in [5, 5.41) is 20.8. The Morgan fingerprint density at radius 1 is 1.28 bits per heavy atom. The summed E-state index contributed by atoms with van der Waals surface area (Å²) in [6.07, 6.45) is 1.49. The summed E-state index contributed by atoms with van der Waals surface area (Å²) in [5.74, 6) is 0. The van der Waals surface area contributed by atoms with Gasteiger partial charge in [0.1, 0.15) is 0 Å². The minimum Gasteiger partial charge on any atom is -0.312 e. The second-order valence-corrected chi connectivity index (χ2v) is 5.24. The maximum atomic E-state index is 8.81. The van der Waals surface area contributed by atoms with Crippen molar-refractivity contribution in [3.8, 4) is 12.1 Å². The molecule has 0 atom stereocenters. The van der Waals surface area contributed by atoms with Gasteiger partial charge < -0.3 is 5.32 Å². The summed E-state index contributed by atoms with van der Waals surface area (Å²) in [6.45, 7) is 5.93. The smallest absolute Gasteiger partial charge is 0.0991 e. The van der Waals surface area contributed by atoms with Gasteiger partial charge in [-0.05, 0) is 29.5 Å². The first-order chi connectivity index (χ1) is 8.57. The molecule has 3 heteroatoms. The fourth-order valence-electron chi connectivity index (χ4n) is 1.78. The molecule has 1 aromatic rings. The van der Waals surface area contributed by atoms with Crippen molar-refractivity contribution in [3.63, 3.8) is 0 Å².